The molecule has 0 spiro atoms. The van der Waals surface area contributed by atoms with Crippen molar-refractivity contribution in [2.75, 3.05) is 13.7 Å². The molecule has 1 aromatic heterocycles. The van der Waals surface area contributed by atoms with Crippen LogP contribution >= 0.6 is 0 Å². The van der Waals surface area contributed by atoms with Crippen LogP contribution in [0.15, 0.2) is 85.1 Å². The molecule has 0 saturated heterocycles. The maximum Gasteiger partial charge on any atom is 0.337 e. The molecule has 150 valence electrons. The fourth-order valence-electron chi connectivity index (χ4n) is 3.65. The van der Waals surface area contributed by atoms with Crippen molar-refractivity contribution in [1.29, 1.82) is 0 Å². The summed E-state index contributed by atoms with van der Waals surface area (Å²) >= 11 is 0. The van der Waals surface area contributed by atoms with Crippen LogP contribution in [-0.2, 0) is 4.74 Å². The van der Waals surface area contributed by atoms with Gasteiger partial charge in [0, 0.05) is 35.1 Å². The number of methoxy groups -OCH3 is 1. The van der Waals surface area contributed by atoms with E-state index in [2.05, 4.69) is 28.5 Å². The second kappa shape index (κ2) is 8.66. The van der Waals surface area contributed by atoms with Crippen LogP contribution in [0.5, 0.6) is 0 Å². The van der Waals surface area contributed by atoms with Gasteiger partial charge in [0.05, 0.1) is 12.7 Å². The van der Waals surface area contributed by atoms with Gasteiger partial charge in [-0.3, -0.25) is 4.79 Å². The first-order chi connectivity index (χ1) is 14.7. The Morgan fingerprint density at radius 3 is 2.30 bits per heavy atom. The fourth-order valence-corrected chi connectivity index (χ4v) is 3.65. The van der Waals surface area contributed by atoms with Crippen LogP contribution in [0.2, 0.25) is 0 Å². The van der Waals surface area contributed by atoms with E-state index in [-0.39, 0.29) is 11.8 Å². The van der Waals surface area contributed by atoms with Crippen molar-refractivity contribution < 1.29 is 14.3 Å². The summed E-state index contributed by atoms with van der Waals surface area (Å²) in [5.41, 5.74) is 4.24. The summed E-state index contributed by atoms with van der Waals surface area (Å²) in [5.74, 6) is -0.613. The lowest BCUT2D eigenvalue weighted by Crippen LogP contribution is -2.29. The van der Waals surface area contributed by atoms with Crippen molar-refractivity contribution in [3.05, 3.63) is 107 Å². The molecule has 0 aliphatic heterocycles. The summed E-state index contributed by atoms with van der Waals surface area (Å²) in [6, 6.07) is 24.7. The zero-order valence-corrected chi connectivity index (χ0v) is 16.6. The minimum absolute atomic E-state index is 0.000595. The van der Waals surface area contributed by atoms with E-state index in [1.54, 1.807) is 24.3 Å². The van der Waals surface area contributed by atoms with Crippen LogP contribution < -0.4 is 5.32 Å². The Kier molecular flexibility index (Phi) is 5.61. The normalized spacial score (nSPS) is 11.8. The monoisotopic (exact) mass is 398 g/mol. The summed E-state index contributed by atoms with van der Waals surface area (Å²) in [7, 11) is 1.33. The predicted octanol–water partition coefficient (Wildman–Crippen LogP) is 4.52. The van der Waals surface area contributed by atoms with Gasteiger partial charge in [0.2, 0.25) is 0 Å². The highest BCUT2D eigenvalue weighted by Gasteiger charge is 2.19. The van der Waals surface area contributed by atoms with Crippen molar-refractivity contribution in [2.45, 2.75) is 5.92 Å². The molecule has 30 heavy (non-hydrogen) atoms. The second-order valence-corrected chi connectivity index (χ2v) is 7.03. The van der Waals surface area contributed by atoms with Crippen molar-refractivity contribution in [2.24, 2.45) is 0 Å². The molecule has 0 radical (unpaired) electrons. The molecule has 1 heterocycles. The van der Waals surface area contributed by atoms with E-state index in [0.717, 1.165) is 22.0 Å². The van der Waals surface area contributed by atoms with Gasteiger partial charge in [0.15, 0.2) is 0 Å². The number of rotatable bonds is 6. The number of nitrogens with one attached hydrogen (secondary N) is 2. The topological polar surface area (TPSA) is 71.2 Å². The third-order valence-corrected chi connectivity index (χ3v) is 5.23. The molecule has 1 amide bonds. The maximum atomic E-state index is 12.7. The summed E-state index contributed by atoms with van der Waals surface area (Å²) in [5, 5.41) is 4.19. The minimum Gasteiger partial charge on any atom is -0.465 e. The highest BCUT2D eigenvalue weighted by atomic mass is 16.5. The molecule has 0 fully saturated rings. The number of benzene rings is 3. The van der Waals surface area contributed by atoms with Crippen molar-refractivity contribution in [3.63, 3.8) is 0 Å². The van der Waals surface area contributed by atoms with Gasteiger partial charge < -0.3 is 15.0 Å². The molecule has 2 N–H and O–H groups in total. The van der Waals surface area contributed by atoms with Gasteiger partial charge in [-0.1, -0.05) is 48.5 Å². The van der Waals surface area contributed by atoms with Gasteiger partial charge in [-0.2, -0.15) is 0 Å². The molecule has 4 aromatic rings. The number of aromatic amines is 1. The molecule has 0 aliphatic carbocycles. The maximum absolute atomic E-state index is 12.7. The Hall–Kier alpha value is -3.86. The van der Waals surface area contributed by atoms with Gasteiger partial charge >= 0.3 is 5.97 Å². The summed E-state index contributed by atoms with van der Waals surface area (Å²) in [6.45, 7) is 0.448. The van der Waals surface area contributed by atoms with Crippen LogP contribution in [-0.4, -0.2) is 30.5 Å². The largest absolute Gasteiger partial charge is 0.465 e. The molecule has 1 atom stereocenters. The molecule has 1 unspecified atom stereocenters. The third-order valence-electron chi connectivity index (χ3n) is 5.23. The van der Waals surface area contributed by atoms with Gasteiger partial charge in [-0.15, -0.1) is 0 Å². The van der Waals surface area contributed by atoms with E-state index in [1.807, 2.05) is 42.6 Å². The summed E-state index contributed by atoms with van der Waals surface area (Å²) < 4.78 is 4.70. The smallest absolute Gasteiger partial charge is 0.337 e. The molecule has 5 heteroatoms. The van der Waals surface area contributed by atoms with E-state index >= 15 is 0 Å². The number of aromatic nitrogens is 1. The minimum atomic E-state index is -0.426. The Bertz CT molecular complexity index is 1160. The van der Waals surface area contributed by atoms with Crippen LogP contribution in [0.4, 0.5) is 0 Å². The van der Waals surface area contributed by atoms with Crippen LogP contribution in [0.3, 0.4) is 0 Å². The molecule has 4 rings (SSSR count). The molecule has 3 aromatic carbocycles. The molecular formula is C25H22N2O3. The number of hydrogen-bond acceptors (Lipinski definition) is 3. The average molecular weight is 398 g/mol. The quantitative estimate of drug-likeness (QED) is 0.469. The Morgan fingerprint density at radius 1 is 0.900 bits per heavy atom. The number of carbonyl (C=O) groups is 2. The number of para-hydroxylation sites is 1. The zero-order valence-electron chi connectivity index (χ0n) is 16.6. The van der Waals surface area contributed by atoms with E-state index < -0.39 is 5.97 Å². The van der Waals surface area contributed by atoms with E-state index in [1.165, 1.54) is 7.11 Å². The van der Waals surface area contributed by atoms with Crippen molar-refractivity contribution in [1.82, 2.24) is 10.3 Å². The number of carbonyl (C=O) groups excluding carboxylic acids is 2. The number of amides is 1. The molecule has 0 saturated carbocycles. The second-order valence-electron chi connectivity index (χ2n) is 7.03. The fraction of sp³-hybridized carbons (Fsp3) is 0.120. The number of ether oxygens (including phenoxy) is 1. The van der Waals surface area contributed by atoms with E-state index in [4.69, 9.17) is 4.74 Å². The Balaban J connectivity index is 1.57. The van der Waals surface area contributed by atoms with Gasteiger partial charge in [0.1, 0.15) is 0 Å². The Morgan fingerprint density at radius 2 is 1.57 bits per heavy atom. The molecule has 0 aliphatic rings. The van der Waals surface area contributed by atoms with Crippen LogP contribution in [0, 0.1) is 0 Å². The van der Waals surface area contributed by atoms with Crippen LogP contribution in [0.1, 0.15) is 37.8 Å². The van der Waals surface area contributed by atoms with Gasteiger partial charge in [-0.25, -0.2) is 4.79 Å². The van der Waals surface area contributed by atoms with E-state index in [9.17, 15) is 9.59 Å². The lowest BCUT2D eigenvalue weighted by atomic mass is 9.91. The van der Waals surface area contributed by atoms with Crippen LogP contribution in [0.25, 0.3) is 10.9 Å². The Labute approximate surface area is 174 Å². The lowest BCUT2D eigenvalue weighted by molar-refractivity contribution is 0.0600. The number of hydrogen-bond donors (Lipinski definition) is 2. The number of H-pyrrole nitrogens is 1. The SMILES string of the molecule is COC(=O)c1ccc(C(=O)NCC(c2ccccc2)c2c[nH]c3ccccc23)cc1. The van der Waals surface area contributed by atoms with Crippen molar-refractivity contribution >= 4 is 22.8 Å². The van der Waals surface area contributed by atoms with Crippen molar-refractivity contribution in [3.8, 4) is 0 Å². The first-order valence-electron chi connectivity index (χ1n) is 9.75. The number of esters is 1. The predicted molar refractivity (Wildman–Crippen MR) is 117 cm³/mol. The highest BCUT2D eigenvalue weighted by Crippen LogP contribution is 2.30. The molecular weight excluding hydrogens is 376 g/mol. The highest BCUT2D eigenvalue weighted by molar-refractivity contribution is 5.96. The molecule has 0 bridgehead atoms. The van der Waals surface area contributed by atoms with E-state index in [0.29, 0.717) is 17.7 Å². The first kappa shape index (κ1) is 19.5. The number of fused-ring (bicyclic) bond motifs is 1. The molecule has 5 nitrogen and oxygen atoms in total. The van der Waals surface area contributed by atoms with Gasteiger partial charge in [0.25, 0.3) is 5.91 Å². The third kappa shape index (κ3) is 3.96. The average Bonchev–Trinajstić information content (AvgIpc) is 3.23. The standard InChI is InChI=1S/C25H22N2O3/c1-30-25(29)19-13-11-18(12-14-19)24(28)27-15-21(17-7-3-2-4-8-17)22-16-26-23-10-6-5-9-20(22)23/h2-14,16,21,26H,15H2,1H3,(H,27,28). The summed E-state index contributed by atoms with van der Waals surface area (Å²) in [6.07, 6.45) is 2.01. The van der Waals surface area contributed by atoms with Gasteiger partial charge in [-0.05, 0) is 41.5 Å². The zero-order chi connectivity index (χ0) is 20.9. The summed E-state index contributed by atoms with van der Waals surface area (Å²) in [4.78, 5) is 27.6. The lowest BCUT2D eigenvalue weighted by Gasteiger charge is -2.18. The first-order valence-corrected chi connectivity index (χ1v) is 9.75.